The van der Waals surface area contributed by atoms with Gasteiger partial charge in [-0.1, -0.05) is 42.5 Å². The molecule has 0 saturated carbocycles. The Morgan fingerprint density at radius 2 is 1.93 bits per heavy atom. The van der Waals surface area contributed by atoms with Gasteiger partial charge in [0.25, 0.3) is 5.69 Å². The van der Waals surface area contributed by atoms with E-state index >= 15 is 0 Å². The molecule has 0 amide bonds. The molecule has 7 heteroatoms. The van der Waals surface area contributed by atoms with Crippen LogP contribution in [0, 0.1) is 10.1 Å². The number of carbonyl (C=O) groups excluding carboxylic acids is 1. The second kappa shape index (κ2) is 8.47. The van der Waals surface area contributed by atoms with Crippen LogP contribution >= 0.6 is 0 Å². The van der Waals surface area contributed by atoms with Crippen LogP contribution in [0.25, 0.3) is 0 Å². The van der Waals surface area contributed by atoms with Crippen molar-refractivity contribution in [2.75, 3.05) is 6.61 Å². The first-order chi connectivity index (χ1) is 13.5. The number of carbonyl (C=O) groups is 1. The summed E-state index contributed by atoms with van der Waals surface area (Å²) in [7, 11) is 0. The van der Waals surface area contributed by atoms with E-state index in [-0.39, 0.29) is 18.3 Å². The van der Waals surface area contributed by atoms with Gasteiger partial charge in [-0.25, -0.2) is 4.79 Å². The number of hydrogen-bond acceptors (Lipinski definition) is 6. The second-order valence-corrected chi connectivity index (χ2v) is 6.33. The summed E-state index contributed by atoms with van der Waals surface area (Å²) in [5.74, 6) is -0.468. The molecule has 7 nitrogen and oxygen atoms in total. The molecule has 0 saturated heterocycles. The highest BCUT2D eigenvalue weighted by Gasteiger charge is 2.34. The van der Waals surface area contributed by atoms with Crippen molar-refractivity contribution in [1.82, 2.24) is 5.01 Å². The van der Waals surface area contributed by atoms with E-state index in [9.17, 15) is 14.9 Å². The Morgan fingerprint density at radius 1 is 1.25 bits per heavy atom. The smallest absolute Gasteiger partial charge is 0.332 e. The maximum Gasteiger partial charge on any atom is 0.332 e. The van der Waals surface area contributed by atoms with Crippen LogP contribution in [-0.2, 0) is 9.53 Å². The number of esters is 1. The molecule has 3 rings (SSSR count). The molecule has 1 aliphatic heterocycles. The molecule has 28 heavy (non-hydrogen) atoms. The largest absolute Gasteiger partial charge is 0.463 e. The van der Waals surface area contributed by atoms with Crippen molar-refractivity contribution in [2.45, 2.75) is 26.3 Å². The SMILES string of the molecule is CCOC(=O)C=C(C)N1N=C(c2ccccc2)C[C@H]1c1ccccc1[N+](=O)[O-]. The van der Waals surface area contributed by atoms with Crippen LogP contribution in [0.1, 0.15) is 37.4 Å². The summed E-state index contributed by atoms with van der Waals surface area (Å²) < 4.78 is 4.99. The molecule has 0 radical (unpaired) electrons. The van der Waals surface area contributed by atoms with Gasteiger partial charge < -0.3 is 4.74 Å². The van der Waals surface area contributed by atoms with Gasteiger partial charge in [0.1, 0.15) is 0 Å². The monoisotopic (exact) mass is 379 g/mol. The van der Waals surface area contributed by atoms with Crippen molar-refractivity contribution in [3.8, 4) is 0 Å². The van der Waals surface area contributed by atoms with Gasteiger partial charge in [-0.2, -0.15) is 5.10 Å². The fraction of sp³-hybridized carbons (Fsp3) is 0.238. The fourth-order valence-electron chi connectivity index (χ4n) is 3.24. The zero-order valence-corrected chi connectivity index (χ0v) is 15.7. The van der Waals surface area contributed by atoms with E-state index in [4.69, 9.17) is 4.74 Å². The van der Waals surface area contributed by atoms with Crippen LogP contribution < -0.4 is 0 Å². The van der Waals surface area contributed by atoms with Crippen LogP contribution in [0.5, 0.6) is 0 Å². The summed E-state index contributed by atoms with van der Waals surface area (Å²) in [6.07, 6.45) is 1.85. The van der Waals surface area contributed by atoms with Crippen molar-refractivity contribution in [2.24, 2.45) is 5.10 Å². The molecule has 0 bridgehead atoms. The van der Waals surface area contributed by atoms with Crippen molar-refractivity contribution >= 4 is 17.4 Å². The maximum absolute atomic E-state index is 11.9. The van der Waals surface area contributed by atoms with E-state index < -0.39 is 10.9 Å². The summed E-state index contributed by atoms with van der Waals surface area (Å²) in [4.78, 5) is 23.0. The van der Waals surface area contributed by atoms with Gasteiger partial charge in [0.2, 0.25) is 0 Å². The number of nitro groups is 1. The third kappa shape index (κ3) is 4.09. The van der Waals surface area contributed by atoms with Gasteiger partial charge in [0.05, 0.1) is 28.8 Å². The van der Waals surface area contributed by atoms with Crippen molar-refractivity contribution in [3.05, 3.63) is 87.6 Å². The number of hydrazone groups is 1. The van der Waals surface area contributed by atoms with Crippen molar-refractivity contribution in [1.29, 1.82) is 0 Å². The minimum atomic E-state index is -0.468. The third-order valence-corrected chi connectivity index (χ3v) is 4.48. The van der Waals surface area contributed by atoms with Crippen LogP contribution in [0.15, 0.2) is 71.5 Å². The first kappa shape index (κ1) is 19.3. The minimum absolute atomic E-state index is 0.0333. The normalized spacial score (nSPS) is 16.6. The number of rotatable bonds is 6. The highest BCUT2D eigenvalue weighted by molar-refractivity contribution is 6.02. The van der Waals surface area contributed by atoms with Crippen LogP contribution in [0.4, 0.5) is 5.69 Å². The fourth-order valence-corrected chi connectivity index (χ4v) is 3.24. The van der Waals surface area contributed by atoms with Crippen LogP contribution in [0.3, 0.4) is 0 Å². The Balaban J connectivity index is 2.03. The standard InChI is InChI=1S/C21H21N3O4/c1-3-28-21(25)13-15(2)23-20(17-11-7-8-12-19(17)24(26)27)14-18(22-23)16-9-5-4-6-10-16/h4-13,20H,3,14H2,1-2H3/t20-/m0/s1. The lowest BCUT2D eigenvalue weighted by molar-refractivity contribution is -0.385. The minimum Gasteiger partial charge on any atom is -0.463 e. The molecular weight excluding hydrogens is 358 g/mol. The first-order valence-electron chi connectivity index (χ1n) is 9.01. The number of ether oxygens (including phenoxy) is 1. The van der Waals surface area contributed by atoms with Crippen LogP contribution in [-0.4, -0.2) is 28.2 Å². The molecular formula is C21H21N3O4. The molecule has 1 heterocycles. The lowest BCUT2D eigenvalue weighted by atomic mass is 9.97. The number of benzene rings is 2. The quantitative estimate of drug-likeness (QED) is 0.325. The molecule has 1 aliphatic rings. The summed E-state index contributed by atoms with van der Waals surface area (Å²) in [6, 6.07) is 15.9. The van der Waals surface area contributed by atoms with E-state index in [0.29, 0.717) is 17.7 Å². The molecule has 2 aromatic rings. The Kier molecular flexibility index (Phi) is 5.84. The highest BCUT2D eigenvalue weighted by atomic mass is 16.6. The second-order valence-electron chi connectivity index (χ2n) is 6.33. The number of para-hydroxylation sites is 1. The zero-order valence-electron chi connectivity index (χ0n) is 15.7. The number of hydrogen-bond donors (Lipinski definition) is 0. The average Bonchev–Trinajstić information content (AvgIpc) is 3.14. The summed E-state index contributed by atoms with van der Waals surface area (Å²) in [5.41, 5.74) is 2.90. The first-order valence-corrected chi connectivity index (χ1v) is 9.01. The van der Waals surface area contributed by atoms with Crippen molar-refractivity contribution in [3.63, 3.8) is 0 Å². The van der Waals surface area contributed by atoms with Gasteiger partial charge in [-0.05, 0) is 25.5 Å². The van der Waals surface area contributed by atoms with Crippen LogP contribution in [0.2, 0.25) is 0 Å². The molecule has 0 unspecified atom stereocenters. The predicted octanol–water partition coefficient (Wildman–Crippen LogP) is 4.21. The molecule has 0 fully saturated rings. The van der Waals surface area contributed by atoms with Gasteiger partial charge in [0, 0.05) is 24.3 Å². The topological polar surface area (TPSA) is 85.0 Å². The molecule has 2 aromatic carbocycles. The van der Waals surface area contributed by atoms with E-state index in [1.807, 2.05) is 30.3 Å². The molecule has 0 N–H and O–H groups in total. The Labute approximate surface area is 163 Å². The Bertz CT molecular complexity index is 938. The van der Waals surface area contributed by atoms with Gasteiger partial charge in [-0.3, -0.25) is 15.1 Å². The number of allylic oxidation sites excluding steroid dienone is 1. The highest BCUT2D eigenvalue weighted by Crippen LogP contribution is 2.39. The lowest BCUT2D eigenvalue weighted by Gasteiger charge is -2.24. The number of nitro benzene ring substituents is 1. The molecule has 144 valence electrons. The van der Waals surface area contributed by atoms with Gasteiger partial charge >= 0.3 is 5.97 Å². The molecule has 0 aromatic heterocycles. The summed E-state index contributed by atoms with van der Waals surface area (Å²) in [5, 5.41) is 17.9. The summed E-state index contributed by atoms with van der Waals surface area (Å²) in [6.45, 7) is 3.75. The molecule has 1 atom stereocenters. The predicted molar refractivity (Wildman–Crippen MR) is 106 cm³/mol. The molecule has 0 spiro atoms. The zero-order chi connectivity index (χ0) is 20.1. The van der Waals surface area contributed by atoms with E-state index in [2.05, 4.69) is 5.10 Å². The molecule has 0 aliphatic carbocycles. The van der Waals surface area contributed by atoms with Gasteiger partial charge in [-0.15, -0.1) is 0 Å². The maximum atomic E-state index is 11.9. The summed E-state index contributed by atoms with van der Waals surface area (Å²) >= 11 is 0. The van der Waals surface area contributed by atoms with E-state index in [1.54, 1.807) is 37.1 Å². The lowest BCUT2D eigenvalue weighted by Crippen LogP contribution is -2.19. The average molecular weight is 379 g/mol. The Morgan fingerprint density at radius 3 is 2.61 bits per heavy atom. The Hall–Kier alpha value is -3.48. The van der Waals surface area contributed by atoms with Gasteiger partial charge in [0.15, 0.2) is 0 Å². The van der Waals surface area contributed by atoms with Crippen molar-refractivity contribution < 1.29 is 14.5 Å². The van der Waals surface area contributed by atoms with E-state index in [1.165, 1.54) is 12.1 Å². The van der Waals surface area contributed by atoms with E-state index in [0.717, 1.165) is 11.3 Å². The third-order valence-electron chi connectivity index (χ3n) is 4.48. The number of nitrogens with zero attached hydrogens (tertiary/aromatic N) is 3.